The molecule has 1 heterocycles. The van der Waals surface area contributed by atoms with Crippen molar-refractivity contribution in [1.29, 1.82) is 0 Å². The van der Waals surface area contributed by atoms with Crippen molar-refractivity contribution in [1.82, 2.24) is 16.0 Å². The van der Waals surface area contributed by atoms with Crippen molar-refractivity contribution in [2.75, 3.05) is 40.0 Å². The lowest BCUT2D eigenvalue weighted by molar-refractivity contribution is -0.130. The molecule has 1 fully saturated rings. The number of para-hydroxylation sites is 1. The lowest BCUT2D eigenvalue weighted by Crippen LogP contribution is -2.51. The molecule has 1 aromatic rings. The van der Waals surface area contributed by atoms with Crippen LogP contribution in [0.2, 0.25) is 0 Å². The van der Waals surface area contributed by atoms with E-state index in [1.807, 2.05) is 18.2 Å². The number of amides is 2. The van der Waals surface area contributed by atoms with Crippen molar-refractivity contribution in [3.8, 4) is 5.75 Å². The van der Waals surface area contributed by atoms with E-state index in [9.17, 15) is 9.59 Å². The Morgan fingerprint density at radius 2 is 1.89 bits per heavy atom. The molecule has 1 aliphatic heterocycles. The summed E-state index contributed by atoms with van der Waals surface area (Å²) in [7, 11) is 1.68. The van der Waals surface area contributed by atoms with Gasteiger partial charge >= 0.3 is 0 Å². The molecule has 3 N–H and O–H groups in total. The molecule has 0 radical (unpaired) electrons. The van der Waals surface area contributed by atoms with E-state index in [1.54, 1.807) is 26.2 Å². The Hall–Kier alpha value is -1.83. The number of methoxy groups -OCH3 is 1. The Balaban J connectivity index is 0.00000364. The van der Waals surface area contributed by atoms with E-state index >= 15 is 0 Å². The maximum absolute atomic E-state index is 12.3. The number of hydrogen-bond acceptors (Lipinski definition) is 5. The van der Waals surface area contributed by atoms with E-state index in [4.69, 9.17) is 9.47 Å². The Morgan fingerprint density at radius 3 is 2.52 bits per heavy atom. The van der Waals surface area contributed by atoms with Gasteiger partial charge in [-0.2, -0.15) is 0 Å². The Morgan fingerprint density at radius 1 is 1.22 bits per heavy atom. The predicted molar refractivity (Wildman–Crippen MR) is 106 cm³/mol. The van der Waals surface area contributed by atoms with Gasteiger partial charge in [-0.1, -0.05) is 18.2 Å². The fraction of sp³-hybridized carbons (Fsp3) is 0.579. The normalized spacial score (nSPS) is 16.5. The zero-order valence-corrected chi connectivity index (χ0v) is 16.8. The smallest absolute Gasteiger partial charge is 0.258 e. The maximum Gasteiger partial charge on any atom is 0.258 e. The molecule has 0 saturated carbocycles. The average molecular weight is 400 g/mol. The molecule has 0 aliphatic carbocycles. The molecule has 0 spiro atoms. The standard InChI is InChI=1S/C19H29N3O4.ClH/c1-15(22-17(23)12-26-16-6-4-3-5-7-16)18(24)21-13-19(14-25-2)8-10-20-11-9-19;/h3-7,15,20H,8-14H2,1-2H3,(H,21,24)(H,22,23);1H. The van der Waals surface area contributed by atoms with Crippen LogP contribution in [0.5, 0.6) is 5.75 Å². The second kappa shape index (κ2) is 11.8. The first-order valence-corrected chi connectivity index (χ1v) is 8.99. The number of carbonyl (C=O) groups excluding carboxylic acids is 2. The van der Waals surface area contributed by atoms with Gasteiger partial charge < -0.3 is 25.4 Å². The van der Waals surface area contributed by atoms with Gasteiger partial charge in [-0.25, -0.2) is 0 Å². The van der Waals surface area contributed by atoms with Gasteiger partial charge in [0.2, 0.25) is 5.91 Å². The molecule has 1 saturated heterocycles. The third kappa shape index (κ3) is 7.74. The molecule has 1 atom stereocenters. The van der Waals surface area contributed by atoms with E-state index < -0.39 is 6.04 Å². The van der Waals surface area contributed by atoms with Crippen LogP contribution in [0.15, 0.2) is 30.3 Å². The molecule has 1 aliphatic rings. The monoisotopic (exact) mass is 399 g/mol. The molecule has 1 aromatic carbocycles. The van der Waals surface area contributed by atoms with Gasteiger partial charge in [-0.05, 0) is 45.0 Å². The van der Waals surface area contributed by atoms with Crippen LogP contribution in [-0.2, 0) is 14.3 Å². The highest BCUT2D eigenvalue weighted by atomic mass is 35.5. The largest absolute Gasteiger partial charge is 0.484 e. The van der Waals surface area contributed by atoms with Crippen LogP contribution in [0.4, 0.5) is 0 Å². The number of benzene rings is 1. The van der Waals surface area contributed by atoms with Gasteiger partial charge in [-0.15, -0.1) is 12.4 Å². The van der Waals surface area contributed by atoms with Crippen LogP contribution in [0.25, 0.3) is 0 Å². The van der Waals surface area contributed by atoms with Crippen molar-refractivity contribution >= 4 is 24.2 Å². The first-order valence-electron chi connectivity index (χ1n) is 8.99. The van der Waals surface area contributed by atoms with E-state index in [1.165, 1.54) is 0 Å². The number of carbonyl (C=O) groups is 2. The fourth-order valence-electron chi connectivity index (χ4n) is 3.08. The first kappa shape index (κ1) is 23.2. The maximum atomic E-state index is 12.3. The predicted octanol–water partition coefficient (Wildman–Crippen LogP) is 1.12. The number of halogens is 1. The zero-order chi connectivity index (χ0) is 18.8. The number of piperidine rings is 1. The molecule has 2 rings (SSSR count). The fourth-order valence-corrected chi connectivity index (χ4v) is 3.08. The zero-order valence-electron chi connectivity index (χ0n) is 16.0. The van der Waals surface area contributed by atoms with E-state index in [2.05, 4.69) is 16.0 Å². The minimum Gasteiger partial charge on any atom is -0.484 e. The molecule has 152 valence electrons. The van der Waals surface area contributed by atoms with Gasteiger partial charge in [0.05, 0.1) is 6.61 Å². The molecular formula is C19H30ClN3O4. The van der Waals surface area contributed by atoms with Crippen molar-refractivity contribution in [3.63, 3.8) is 0 Å². The summed E-state index contributed by atoms with van der Waals surface area (Å²) >= 11 is 0. The summed E-state index contributed by atoms with van der Waals surface area (Å²) in [5.74, 6) is 0.0872. The second-order valence-electron chi connectivity index (χ2n) is 6.79. The molecule has 1 unspecified atom stereocenters. The molecule has 2 amide bonds. The highest BCUT2D eigenvalue weighted by Gasteiger charge is 2.33. The summed E-state index contributed by atoms with van der Waals surface area (Å²) in [5, 5.41) is 8.94. The minimum absolute atomic E-state index is 0. The molecule has 7 nitrogen and oxygen atoms in total. The summed E-state index contributed by atoms with van der Waals surface area (Å²) in [6.45, 7) is 4.54. The van der Waals surface area contributed by atoms with Crippen LogP contribution in [-0.4, -0.2) is 57.8 Å². The summed E-state index contributed by atoms with van der Waals surface area (Å²) in [6.07, 6.45) is 1.90. The SMILES string of the molecule is COCC1(CNC(=O)C(C)NC(=O)COc2ccccc2)CCNCC1.Cl. The minimum atomic E-state index is -0.622. The van der Waals surface area contributed by atoms with Gasteiger partial charge in [-0.3, -0.25) is 9.59 Å². The molecule has 0 bridgehead atoms. The molecule has 8 heteroatoms. The number of ether oxygens (including phenoxy) is 2. The van der Waals surface area contributed by atoms with Crippen molar-refractivity contribution in [2.45, 2.75) is 25.8 Å². The molecule has 0 aromatic heterocycles. The third-order valence-corrected chi connectivity index (χ3v) is 4.64. The lowest BCUT2D eigenvalue weighted by Gasteiger charge is -2.37. The van der Waals surface area contributed by atoms with E-state index in [0.717, 1.165) is 25.9 Å². The van der Waals surface area contributed by atoms with Crippen LogP contribution >= 0.6 is 12.4 Å². The van der Waals surface area contributed by atoms with Crippen molar-refractivity contribution in [2.24, 2.45) is 5.41 Å². The Bertz CT molecular complexity index is 574. The topological polar surface area (TPSA) is 88.7 Å². The number of hydrogen-bond donors (Lipinski definition) is 3. The number of nitrogens with one attached hydrogen (secondary N) is 3. The Kier molecular flexibility index (Phi) is 10.1. The van der Waals surface area contributed by atoms with Crippen LogP contribution in [0.1, 0.15) is 19.8 Å². The Labute approximate surface area is 167 Å². The summed E-state index contributed by atoms with van der Waals surface area (Å²) < 4.78 is 10.7. The lowest BCUT2D eigenvalue weighted by atomic mass is 9.79. The summed E-state index contributed by atoms with van der Waals surface area (Å²) in [5.41, 5.74) is -0.0458. The van der Waals surface area contributed by atoms with Crippen LogP contribution < -0.4 is 20.7 Å². The summed E-state index contributed by atoms with van der Waals surface area (Å²) in [6, 6.07) is 8.47. The molecule has 27 heavy (non-hydrogen) atoms. The highest BCUT2D eigenvalue weighted by Crippen LogP contribution is 2.28. The molecular weight excluding hydrogens is 370 g/mol. The van der Waals surface area contributed by atoms with E-state index in [-0.39, 0.29) is 36.2 Å². The van der Waals surface area contributed by atoms with E-state index in [0.29, 0.717) is 18.9 Å². The van der Waals surface area contributed by atoms with Gasteiger partial charge in [0.15, 0.2) is 6.61 Å². The number of rotatable bonds is 9. The third-order valence-electron chi connectivity index (χ3n) is 4.64. The van der Waals surface area contributed by atoms with Gasteiger partial charge in [0.25, 0.3) is 5.91 Å². The quantitative estimate of drug-likeness (QED) is 0.579. The summed E-state index contributed by atoms with van der Waals surface area (Å²) in [4.78, 5) is 24.3. The average Bonchev–Trinajstić information content (AvgIpc) is 2.66. The van der Waals surface area contributed by atoms with Crippen molar-refractivity contribution in [3.05, 3.63) is 30.3 Å². The highest BCUT2D eigenvalue weighted by molar-refractivity contribution is 5.87. The van der Waals surface area contributed by atoms with Crippen LogP contribution in [0, 0.1) is 5.41 Å². The van der Waals surface area contributed by atoms with Gasteiger partial charge in [0.1, 0.15) is 11.8 Å². The van der Waals surface area contributed by atoms with Crippen LogP contribution in [0.3, 0.4) is 0 Å². The second-order valence-corrected chi connectivity index (χ2v) is 6.79. The van der Waals surface area contributed by atoms with Gasteiger partial charge in [0, 0.05) is 19.1 Å². The van der Waals surface area contributed by atoms with Crippen molar-refractivity contribution < 1.29 is 19.1 Å². The first-order chi connectivity index (χ1) is 12.5.